The van der Waals surface area contributed by atoms with E-state index in [9.17, 15) is 14.4 Å². The van der Waals surface area contributed by atoms with Crippen LogP contribution in [0.25, 0.3) is 0 Å². The Hall–Kier alpha value is -3.35. The molecule has 31 heavy (non-hydrogen) atoms. The highest BCUT2D eigenvalue weighted by molar-refractivity contribution is 5.90. The van der Waals surface area contributed by atoms with Gasteiger partial charge in [0, 0.05) is 13.0 Å². The van der Waals surface area contributed by atoms with Crippen LogP contribution in [0.5, 0.6) is 0 Å². The van der Waals surface area contributed by atoms with Gasteiger partial charge in [-0.25, -0.2) is 9.59 Å². The van der Waals surface area contributed by atoms with Gasteiger partial charge in [-0.15, -0.1) is 0 Å². The minimum atomic E-state index is -0.810. The van der Waals surface area contributed by atoms with Crippen LogP contribution < -0.4 is 10.6 Å². The summed E-state index contributed by atoms with van der Waals surface area (Å²) in [5.41, 5.74) is 1.48. The number of likely N-dealkylation sites (N-methyl/N-ethyl adjacent to an activating group) is 1. The molecule has 7 nitrogen and oxygen atoms in total. The Morgan fingerprint density at radius 3 is 2.16 bits per heavy atom. The summed E-state index contributed by atoms with van der Waals surface area (Å²) < 4.78 is 10.6. The first-order valence-corrected chi connectivity index (χ1v) is 10.2. The Balaban J connectivity index is 2.00. The van der Waals surface area contributed by atoms with E-state index in [1.807, 2.05) is 30.3 Å². The number of carbonyl (C=O) groups excluding carboxylic acids is 3. The minimum Gasteiger partial charge on any atom is -0.456 e. The second-order valence-electron chi connectivity index (χ2n) is 8.06. The smallest absolute Gasteiger partial charge is 0.408 e. The number of alkyl carbamates (subject to hydrolysis) is 1. The molecule has 0 unspecified atom stereocenters. The number of esters is 1. The van der Waals surface area contributed by atoms with Crippen LogP contribution in [0.1, 0.15) is 49.2 Å². The number of amides is 2. The predicted molar refractivity (Wildman–Crippen MR) is 118 cm³/mol. The van der Waals surface area contributed by atoms with E-state index in [0.717, 1.165) is 11.1 Å². The third-order valence-electron chi connectivity index (χ3n) is 4.20. The number of hydrogen-bond acceptors (Lipinski definition) is 5. The third-order valence-corrected chi connectivity index (χ3v) is 4.20. The summed E-state index contributed by atoms with van der Waals surface area (Å²) in [6.07, 6.45) is -0.425. The summed E-state index contributed by atoms with van der Waals surface area (Å²) in [6.45, 7) is 7.77. The molecule has 7 heteroatoms. The molecule has 0 saturated heterocycles. The van der Waals surface area contributed by atoms with Crippen LogP contribution in [0, 0.1) is 0 Å². The molecule has 2 N–H and O–H groups in total. The van der Waals surface area contributed by atoms with Gasteiger partial charge in [0.1, 0.15) is 18.2 Å². The molecule has 0 aliphatic carbocycles. The van der Waals surface area contributed by atoms with Crippen LogP contribution in [-0.2, 0) is 27.3 Å². The quantitative estimate of drug-likeness (QED) is 0.629. The van der Waals surface area contributed by atoms with Crippen LogP contribution >= 0.6 is 0 Å². The van der Waals surface area contributed by atoms with Crippen LogP contribution in [-0.4, -0.2) is 36.2 Å². The van der Waals surface area contributed by atoms with E-state index in [1.54, 1.807) is 52.0 Å². The maximum absolute atomic E-state index is 12.4. The summed E-state index contributed by atoms with van der Waals surface area (Å²) in [4.78, 5) is 36.8. The second kappa shape index (κ2) is 11.2. The van der Waals surface area contributed by atoms with Crippen LogP contribution in [0.15, 0.2) is 54.6 Å². The number of hydrogen-bond donors (Lipinski definition) is 2. The van der Waals surface area contributed by atoms with E-state index in [2.05, 4.69) is 10.6 Å². The standard InChI is InChI=1S/C24H30N2O5/c1-5-25-21(27)20(26-23(29)30-16-18-9-7-6-8-10-18)15-17-11-13-19(14-12-17)22(28)31-24(2,3)4/h6-14,20H,5,15-16H2,1-4H3,(H,25,27)(H,26,29)/t20-/m0/s1. The highest BCUT2D eigenvalue weighted by Gasteiger charge is 2.22. The first-order valence-electron chi connectivity index (χ1n) is 10.2. The summed E-state index contributed by atoms with van der Waals surface area (Å²) in [7, 11) is 0. The van der Waals surface area contributed by atoms with Crippen molar-refractivity contribution in [1.82, 2.24) is 10.6 Å². The van der Waals surface area contributed by atoms with Gasteiger partial charge >= 0.3 is 12.1 Å². The molecule has 2 amide bonds. The summed E-state index contributed by atoms with van der Waals surface area (Å²) in [5, 5.41) is 5.34. The lowest BCUT2D eigenvalue weighted by atomic mass is 10.0. The Morgan fingerprint density at radius 2 is 1.58 bits per heavy atom. The van der Waals surface area contributed by atoms with Gasteiger partial charge in [0.05, 0.1) is 5.56 Å². The number of ether oxygens (including phenoxy) is 2. The highest BCUT2D eigenvalue weighted by Crippen LogP contribution is 2.14. The van der Waals surface area contributed by atoms with Gasteiger partial charge in [-0.05, 0) is 51.0 Å². The van der Waals surface area contributed by atoms with E-state index < -0.39 is 23.7 Å². The molecule has 1 atom stereocenters. The summed E-state index contributed by atoms with van der Waals surface area (Å²) in [6, 6.07) is 15.2. The zero-order valence-electron chi connectivity index (χ0n) is 18.4. The molecular weight excluding hydrogens is 396 g/mol. The first-order chi connectivity index (χ1) is 14.7. The van der Waals surface area contributed by atoms with E-state index in [-0.39, 0.29) is 18.9 Å². The molecule has 0 bridgehead atoms. The lowest BCUT2D eigenvalue weighted by Crippen LogP contribution is -2.48. The van der Waals surface area contributed by atoms with Gasteiger partial charge in [-0.3, -0.25) is 4.79 Å². The zero-order chi connectivity index (χ0) is 22.9. The van der Waals surface area contributed by atoms with Crippen molar-refractivity contribution in [2.45, 2.75) is 52.4 Å². The fraction of sp³-hybridized carbons (Fsp3) is 0.375. The van der Waals surface area contributed by atoms with Crippen LogP contribution in [0.2, 0.25) is 0 Å². The normalized spacial score (nSPS) is 11.9. The Kier molecular flexibility index (Phi) is 8.61. The predicted octanol–water partition coefficient (Wildman–Crippen LogP) is 3.62. The van der Waals surface area contributed by atoms with Gasteiger partial charge in [-0.1, -0.05) is 42.5 Å². The molecule has 0 heterocycles. The van der Waals surface area contributed by atoms with Crippen molar-refractivity contribution in [3.8, 4) is 0 Å². The van der Waals surface area contributed by atoms with E-state index in [0.29, 0.717) is 12.1 Å². The van der Waals surface area contributed by atoms with Crippen LogP contribution in [0.3, 0.4) is 0 Å². The molecule has 2 aromatic carbocycles. The maximum Gasteiger partial charge on any atom is 0.408 e. The molecule has 0 radical (unpaired) electrons. The van der Waals surface area contributed by atoms with Crippen LogP contribution in [0.4, 0.5) is 4.79 Å². The number of carbonyl (C=O) groups is 3. The SMILES string of the molecule is CCNC(=O)[C@H](Cc1ccc(C(=O)OC(C)(C)C)cc1)NC(=O)OCc1ccccc1. The maximum atomic E-state index is 12.4. The van der Waals surface area contributed by atoms with Gasteiger partial charge < -0.3 is 20.1 Å². The van der Waals surface area contributed by atoms with Gasteiger partial charge in [0.15, 0.2) is 0 Å². The van der Waals surface area contributed by atoms with E-state index >= 15 is 0 Å². The fourth-order valence-electron chi connectivity index (χ4n) is 2.76. The largest absolute Gasteiger partial charge is 0.456 e. The lowest BCUT2D eigenvalue weighted by molar-refractivity contribution is -0.122. The molecule has 0 aliphatic heterocycles. The zero-order valence-corrected chi connectivity index (χ0v) is 18.4. The van der Waals surface area contributed by atoms with Crippen molar-refractivity contribution >= 4 is 18.0 Å². The molecule has 0 aromatic heterocycles. The lowest BCUT2D eigenvalue weighted by Gasteiger charge is -2.20. The molecule has 0 spiro atoms. The third kappa shape index (κ3) is 8.50. The number of benzene rings is 2. The molecule has 0 aliphatic rings. The molecular formula is C24H30N2O5. The molecule has 166 valence electrons. The number of nitrogens with one attached hydrogen (secondary N) is 2. The molecule has 2 aromatic rings. The fourth-order valence-corrected chi connectivity index (χ4v) is 2.76. The summed E-state index contributed by atoms with van der Waals surface area (Å²) in [5.74, 6) is -0.725. The monoisotopic (exact) mass is 426 g/mol. The topological polar surface area (TPSA) is 93.7 Å². The van der Waals surface area contributed by atoms with Gasteiger partial charge in [-0.2, -0.15) is 0 Å². The average molecular weight is 427 g/mol. The van der Waals surface area contributed by atoms with Crippen molar-refractivity contribution in [3.63, 3.8) is 0 Å². The Morgan fingerprint density at radius 1 is 0.935 bits per heavy atom. The number of rotatable bonds is 8. The van der Waals surface area contributed by atoms with Crippen molar-refractivity contribution in [2.75, 3.05) is 6.54 Å². The van der Waals surface area contributed by atoms with Crippen molar-refractivity contribution in [3.05, 3.63) is 71.3 Å². The molecule has 2 rings (SSSR count). The van der Waals surface area contributed by atoms with Crippen molar-refractivity contribution in [1.29, 1.82) is 0 Å². The Labute approximate surface area is 183 Å². The van der Waals surface area contributed by atoms with Crippen molar-refractivity contribution < 1.29 is 23.9 Å². The molecule has 0 fully saturated rings. The highest BCUT2D eigenvalue weighted by atomic mass is 16.6. The van der Waals surface area contributed by atoms with E-state index in [4.69, 9.17) is 9.47 Å². The molecule has 0 saturated carbocycles. The van der Waals surface area contributed by atoms with E-state index in [1.165, 1.54) is 0 Å². The minimum absolute atomic E-state index is 0.110. The average Bonchev–Trinajstić information content (AvgIpc) is 2.72. The van der Waals surface area contributed by atoms with Gasteiger partial charge in [0.2, 0.25) is 5.91 Å². The van der Waals surface area contributed by atoms with Crippen molar-refractivity contribution in [2.24, 2.45) is 0 Å². The summed E-state index contributed by atoms with van der Waals surface area (Å²) >= 11 is 0. The Bertz CT molecular complexity index is 873. The second-order valence-corrected chi connectivity index (χ2v) is 8.06. The first kappa shape index (κ1) is 23.9. The van der Waals surface area contributed by atoms with Gasteiger partial charge in [0.25, 0.3) is 0 Å².